The first kappa shape index (κ1) is 11.6. The number of nitrogens with one attached hydrogen (secondary N) is 1. The van der Waals surface area contributed by atoms with Gasteiger partial charge in [0.25, 0.3) is 0 Å². The smallest absolute Gasteiger partial charge is 0.135 e. The minimum absolute atomic E-state index is 0.681. The van der Waals surface area contributed by atoms with Crippen molar-refractivity contribution in [3.05, 3.63) is 66.1 Å². The van der Waals surface area contributed by atoms with E-state index in [1.54, 1.807) is 0 Å². The molecule has 0 unspecified atom stereocenters. The molecule has 1 N–H and O–H groups in total. The van der Waals surface area contributed by atoms with Gasteiger partial charge in [0.2, 0.25) is 0 Å². The first-order valence-corrected chi connectivity index (χ1v) is 6.91. The highest BCUT2D eigenvalue weighted by molar-refractivity contribution is 6.50. The van der Waals surface area contributed by atoms with Crippen LogP contribution in [0.15, 0.2) is 59.1 Å². The highest BCUT2D eigenvalue weighted by Crippen LogP contribution is 2.37. The van der Waals surface area contributed by atoms with Crippen molar-refractivity contribution in [2.75, 3.05) is 0 Å². The van der Waals surface area contributed by atoms with E-state index < -0.39 is 0 Å². The minimum Gasteiger partial charge on any atom is -0.458 e. The van der Waals surface area contributed by atoms with Gasteiger partial charge in [0.15, 0.2) is 0 Å². The van der Waals surface area contributed by atoms with Crippen molar-refractivity contribution < 1.29 is 4.42 Å². The number of hydrogen-bond donors (Lipinski definition) is 1. The van der Waals surface area contributed by atoms with Crippen LogP contribution in [0.25, 0.3) is 27.1 Å². The van der Waals surface area contributed by atoms with Crippen molar-refractivity contribution in [2.24, 2.45) is 0 Å². The average Bonchev–Trinajstić information content (AvgIpc) is 2.87. The first-order valence-electron chi connectivity index (χ1n) is 6.53. The van der Waals surface area contributed by atoms with E-state index in [2.05, 4.69) is 29.6 Å². The van der Waals surface area contributed by atoms with Crippen molar-refractivity contribution in [1.82, 2.24) is 5.32 Å². The van der Waals surface area contributed by atoms with Gasteiger partial charge in [-0.1, -0.05) is 48.0 Å². The molecule has 4 rings (SSSR count). The molecular formula is C17H12ClNO. The Morgan fingerprint density at radius 2 is 1.85 bits per heavy atom. The predicted octanol–water partition coefficient (Wildman–Crippen LogP) is 4.74. The van der Waals surface area contributed by atoms with Crippen LogP contribution in [0.5, 0.6) is 0 Å². The van der Waals surface area contributed by atoms with E-state index in [9.17, 15) is 0 Å². The molecule has 2 aromatic carbocycles. The number of furan rings is 1. The molecule has 0 saturated carbocycles. The van der Waals surface area contributed by atoms with Gasteiger partial charge in [-0.25, -0.2) is 0 Å². The number of fused-ring (bicyclic) bond motifs is 3. The summed E-state index contributed by atoms with van der Waals surface area (Å²) in [5.74, 6) is 0.901. The van der Waals surface area contributed by atoms with Crippen LogP contribution in [-0.4, -0.2) is 0 Å². The summed E-state index contributed by atoms with van der Waals surface area (Å²) in [6.45, 7) is 0.681. The van der Waals surface area contributed by atoms with E-state index in [1.165, 1.54) is 11.1 Å². The standard InChI is InChI=1S/C17H12ClNO/c18-14-9-19-10-16-17(14)13-8-12(6-7-15(13)20-16)11-4-2-1-3-5-11/h1-9,19H,10H2. The van der Waals surface area contributed by atoms with Crippen LogP contribution in [0.1, 0.15) is 11.3 Å². The van der Waals surface area contributed by atoms with Gasteiger partial charge in [-0.05, 0) is 23.3 Å². The third-order valence-electron chi connectivity index (χ3n) is 3.60. The molecule has 0 aliphatic carbocycles. The second kappa shape index (κ2) is 4.43. The van der Waals surface area contributed by atoms with Gasteiger partial charge in [-0.15, -0.1) is 0 Å². The Morgan fingerprint density at radius 1 is 1.00 bits per heavy atom. The molecule has 3 heteroatoms. The zero-order valence-electron chi connectivity index (χ0n) is 10.7. The molecule has 1 aliphatic rings. The summed E-state index contributed by atoms with van der Waals surface area (Å²) >= 11 is 6.30. The Hall–Kier alpha value is -2.19. The van der Waals surface area contributed by atoms with Crippen LogP contribution in [0.2, 0.25) is 0 Å². The molecule has 1 aliphatic heterocycles. The zero-order valence-corrected chi connectivity index (χ0v) is 11.4. The normalized spacial score (nSPS) is 13.8. The Kier molecular flexibility index (Phi) is 2.57. The third-order valence-corrected chi connectivity index (χ3v) is 3.90. The summed E-state index contributed by atoms with van der Waals surface area (Å²) in [5.41, 5.74) is 4.26. The van der Waals surface area contributed by atoms with Crippen LogP contribution in [0.3, 0.4) is 0 Å². The maximum absolute atomic E-state index is 6.30. The van der Waals surface area contributed by atoms with Crippen LogP contribution in [0, 0.1) is 0 Å². The Bertz CT molecular complexity index is 818. The summed E-state index contributed by atoms with van der Waals surface area (Å²) in [4.78, 5) is 0. The molecule has 2 heterocycles. The highest BCUT2D eigenvalue weighted by atomic mass is 35.5. The quantitative estimate of drug-likeness (QED) is 0.697. The summed E-state index contributed by atoms with van der Waals surface area (Å²) in [7, 11) is 0. The lowest BCUT2D eigenvalue weighted by atomic mass is 10.0. The van der Waals surface area contributed by atoms with E-state index in [-0.39, 0.29) is 0 Å². The lowest BCUT2D eigenvalue weighted by Gasteiger charge is -2.09. The molecule has 0 saturated heterocycles. The Labute approximate surface area is 121 Å². The van der Waals surface area contributed by atoms with Crippen LogP contribution >= 0.6 is 11.6 Å². The SMILES string of the molecule is ClC1=CNCc2oc3ccc(-c4ccccc4)cc3c21. The maximum Gasteiger partial charge on any atom is 0.135 e. The molecule has 20 heavy (non-hydrogen) atoms. The van der Waals surface area contributed by atoms with Crippen molar-refractivity contribution >= 4 is 27.6 Å². The fraction of sp³-hybridized carbons (Fsp3) is 0.0588. The van der Waals surface area contributed by atoms with Crippen molar-refractivity contribution in [3.8, 4) is 11.1 Å². The number of rotatable bonds is 1. The molecular weight excluding hydrogens is 270 g/mol. The first-order chi connectivity index (χ1) is 9.83. The highest BCUT2D eigenvalue weighted by Gasteiger charge is 2.19. The molecule has 0 fully saturated rings. The molecule has 0 atom stereocenters. The van der Waals surface area contributed by atoms with Crippen LogP contribution < -0.4 is 5.32 Å². The topological polar surface area (TPSA) is 25.2 Å². The summed E-state index contributed by atoms with van der Waals surface area (Å²) in [6, 6.07) is 16.6. The second-order valence-electron chi connectivity index (χ2n) is 4.85. The molecule has 0 radical (unpaired) electrons. The van der Waals surface area contributed by atoms with Gasteiger partial charge in [0.1, 0.15) is 11.3 Å². The minimum atomic E-state index is 0.681. The van der Waals surface area contributed by atoms with Gasteiger partial charge >= 0.3 is 0 Å². The molecule has 0 amide bonds. The molecule has 0 bridgehead atoms. The van der Waals surface area contributed by atoms with E-state index in [4.69, 9.17) is 16.0 Å². The molecule has 1 aromatic heterocycles. The maximum atomic E-state index is 6.30. The van der Waals surface area contributed by atoms with Gasteiger partial charge in [0.05, 0.1) is 11.6 Å². The fourth-order valence-corrected chi connectivity index (χ4v) is 2.93. The van der Waals surface area contributed by atoms with Crippen LogP contribution in [-0.2, 0) is 6.54 Å². The van der Waals surface area contributed by atoms with Crippen molar-refractivity contribution in [2.45, 2.75) is 6.54 Å². The average molecular weight is 282 g/mol. The van der Waals surface area contributed by atoms with Crippen molar-refractivity contribution in [1.29, 1.82) is 0 Å². The summed E-state index contributed by atoms with van der Waals surface area (Å²) in [6.07, 6.45) is 1.83. The van der Waals surface area contributed by atoms with Gasteiger partial charge in [-0.3, -0.25) is 0 Å². The molecule has 3 aromatic rings. The van der Waals surface area contributed by atoms with Crippen LogP contribution in [0.4, 0.5) is 0 Å². The second-order valence-corrected chi connectivity index (χ2v) is 5.26. The zero-order chi connectivity index (χ0) is 13.5. The molecule has 98 valence electrons. The monoisotopic (exact) mass is 281 g/mol. The van der Waals surface area contributed by atoms with Crippen molar-refractivity contribution in [3.63, 3.8) is 0 Å². The number of hydrogen-bond acceptors (Lipinski definition) is 2. The molecule has 0 spiro atoms. The number of benzene rings is 2. The summed E-state index contributed by atoms with van der Waals surface area (Å²) < 4.78 is 5.86. The van der Waals surface area contributed by atoms with E-state index in [0.29, 0.717) is 11.6 Å². The lowest BCUT2D eigenvalue weighted by molar-refractivity contribution is 0.532. The number of halogens is 1. The Balaban J connectivity index is 1.96. The fourth-order valence-electron chi connectivity index (χ4n) is 2.65. The van der Waals surface area contributed by atoms with Gasteiger partial charge < -0.3 is 9.73 Å². The van der Waals surface area contributed by atoms with E-state index in [1.807, 2.05) is 30.5 Å². The van der Waals surface area contributed by atoms with E-state index in [0.717, 1.165) is 22.3 Å². The van der Waals surface area contributed by atoms with E-state index >= 15 is 0 Å². The third kappa shape index (κ3) is 1.73. The largest absolute Gasteiger partial charge is 0.458 e. The summed E-state index contributed by atoms with van der Waals surface area (Å²) in [5, 5.41) is 4.89. The predicted molar refractivity (Wildman–Crippen MR) is 82.3 cm³/mol. The van der Waals surface area contributed by atoms with Gasteiger partial charge in [-0.2, -0.15) is 0 Å². The lowest BCUT2D eigenvalue weighted by Crippen LogP contribution is -2.10. The van der Waals surface area contributed by atoms with Gasteiger partial charge in [0, 0.05) is 17.1 Å². The Morgan fingerprint density at radius 3 is 2.70 bits per heavy atom. The molecule has 2 nitrogen and oxygen atoms in total.